The lowest BCUT2D eigenvalue weighted by molar-refractivity contribution is 0.478. The number of benzene rings is 1. The van der Waals surface area contributed by atoms with E-state index in [2.05, 4.69) is 4.98 Å². The van der Waals surface area contributed by atoms with Gasteiger partial charge in [0.15, 0.2) is 0 Å². The van der Waals surface area contributed by atoms with E-state index in [1.54, 1.807) is 6.20 Å². The summed E-state index contributed by atoms with van der Waals surface area (Å²) in [5.74, 6) is 1.57. The van der Waals surface area contributed by atoms with Gasteiger partial charge >= 0.3 is 0 Å². The number of hydrogen-bond donors (Lipinski definition) is 1. The van der Waals surface area contributed by atoms with Gasteiger partial charge < -0.3 is 10.5 Å². The summed E-state index contributed by atoms with van der Waals surface area (Å²) in [6, 6.07) is 7.62. The van der Waals surface area contributed by atoms with Crippen molar-refractivity contribution in [3.05, 3.63) is 47.3 Å². The van der Waals surface area contributed by atoms with E-state index >= 15 is 0 Å². The summed E-state index contributed by atoms with van der Waals surface area (Å²) in [6.07, 6.45) is 1.73. The minimum atomic E-state index is 0.747. The molecule has 0 bridgehead atoms. The SMILES string of the molecule is Cc1cc(Oc2cc(N)c(C)cc2C)ccn1. The topological polar surface area (TPSA) is 48.1 Å². The number of rotatable bonds is 2. The normalized spacial score (nSPS) is 10.3. The second-order valence-corrected chi connectivity index (χ2v) is 4.21. The van der Waals surface area contributed by atoms with Crippen LogP contribution in [0, 0.1) is 20.8 Å². The molecule has 0 aliphatic carbocycles. The summed E-state index contributed by atoms with van der Waals surface area (Å²) >= 11 is 0. The molecule has 0 unspecified atom stereocenters. The van der Waals surface area contributed by atoms with E-state index in [1.807, 2.05) is 45.0 Å². The van der Waals surface area contributed by atoms with E-state index in [0.29, 0.717) is 0 Å². The molecular weight excluding hydrogens is 212 g/mol. The van der Waals surface area contributed by atoms with Crippen molar-refractivity contribution in [1.29, 1.82) is 0 Å². The molecule has 2 rings (SSSR count). The van der Waals surface area contributed by atoms with Crippen molar-refractivity contribution < 1.29 is 4.74 Å². The summed E-state index contributed by atoms with van der Waals surface area (Å²) < 4.78 is 5.81. The Morgan fingerprint density at radius 2 is 1.82 bits per heavy atom. The van der Waals surface area contributed by atoms with Crippen LogP contribution < -0.4 is 10.5 Å². The van der Waals surface area contributed by atoms with Crippen molar-refractivity contribution >= 4 is 5.69 Å². The molecule has 0 spiro atoms. The van der Waals surface area contributed by atoms with Crippen molar-refractivity contribution in [2.75, 3.05) is 5.73 Å². The van der Waals surface area contributed by atoms with Gasteiger partial charge in [-0.3, -0.25) is 4.98 Å². The molecule has 17 heavy (non-hydrogen) atoms. The number of hydrogen-bond acceptors (Lipinski definition) is 3. The third kappa shape index (κ3) is 2.56. The van der Waals surface area contributed by atoms with Crippen LogP contribution in [0.25, 0.3) is 0 Å². The standard InChI is InChI=1S/C14H16N2O/c1-9-6-10(2)14(8-13(9)15)17-12-4-5-16-11(3)7-12/h4-8H,15H2,1-3H3. The maximum Gasteiger partial charge on any atom is 0.132 e. The zero-order valence-electron chi connectivity index (χ0n) is 10.3. The molecule has 2 aromatic rings. The first-order valence-electron chi connectivity index (χ1n) is 5.53. The van der Waals surface area contributed by atoms with Gasteiger partial charge in [-0.2, -0.15) is 0 Å². The lowest BCUT2D eigenvalue weighted by atomic mass is 10.1. The van der Waals surface area contributed by atoms with Crippen LogP contribution in [-0.2, 0) is 0 Å². The molecule has 1 aromatic heterocycles. The minimum Gasteiger partial charge on any atom is -0.457 e. The van der Waals surface area contributed by atoms with Crippen molar-refractivity contribution in [1.82, 2.24) is 4.98 Å². The summed E-state index contributed by atoms with van der Waals surface area (Å²) in [7, 11) is 0. The van der Waals surface area contributed by atoms with Crippen molar-refractivity contribution in [2.24, 2.45) is 0 Å². The molecule has 88 valence electrons. The molecule has 3 nitrogen and oxygen atoms in total. The number of pyridine rings is 1. The molecule has 2 N–H and O–H groups in total. The summed E-state index contributed by atoms with van der Waals surface area (Å²) in [5, 5.41) is 0. The fraction of sp³-hybridized carbons (Fsp3) is 0.214. The zero-order valence-corrected chi connectivity index (χ0v) is 10.3. The Morgan fingerprint density at radius 1 is 1.06 bits per heavy atom. The van der Waals surface area contributed by atoms with Gasteiger partial charge in [-0.1, -0.05) is 6.07 Å². The van der Waals surface area contributed by atoms with E-state index in [4.69, 9.17) is 10.5 Å². The van der Waals surface area contributed by atoms with Crippen molar-refractivity contribution in [3.63, 3.8) is 0 Å². The van der Waals surface area contributed by atoms with Crippen molar-refractivity contribution in [2.45, 2.75) is 20.8 Å². The van der Waals surface area contributed by atoms with Gasteiger partial charge in [0.25, 0.3) is 0 Å². The van der Waals surface area contributed by atoms with Gasteiger partial charge in [-0.05, 0) is 38.0 Å². The average molecular weight is 228 g/mol. The summed E-state index contributed by atoms with van der Waals surface area (Å²) in [5.41, 5.74) is 9.70. The number of nitrogens with two attached hydrogens (primary N) is 1. The van der Waals surface area contributed by atoms with Crippen LogP contribution in [0.15, 0.2) is 30.5 Å². The fourth-order valence-electron chi connectivity index (χ4n) is 1.67. The molecule has 0 saturated carbocycles. The molecule has 0 aliphatic heterocycles. The zero-order chi connectivity index (χ0) is 12.4. The quantitative estimate of drug-likeness (QED) is 0.801. The van der Waals surface area contributed by atoms with Gasteiger partial charge in [-0.15, -0.1) is 0 Å². The predicted octanol–water partition coefficient (Wildman–Crippen LogP) is 3.38. The Balaban J connectivity index is 2.33. The Kier molecular flexibility index (Phi) is 3.00. The third-order valence-electron chi connectivity index (χ3n) is 2.66. The maximum atomic E-state index is 5.88. The molecule has 0 fully saturated rings. The Morgan fingerprint density at radius 3 is 2.53 bits per heavy atom. The summed E-state index contributed by atoms with van der Waals surface area (Å²) in [6.45, 7) is 5.93. The van der Waals surface area contributed by atoms with E-state index in [0.717, 1.165) is 34.0 Å². The largest absolute Gasteiger partial charge is 0.457 e. The van der Waals surface area contributed by atoms with Crippen LogP contribution in [0.3, 0.4) is 0 Å². The molecule has 0 saturated heterocycles. The van der Waals surface area contributed by atoms with Crippen LogP contribution in [0.2, 0.25) is 0 Å². The maximum absolute atomic E-state index is 5.88. The molecular formula is C14H16N2O. The number of aryl methyl sites for hydroxylation is 3. The highest BCUT2D eigenvalue weighted by atomic mass is 16.5. The van der Waals surface area contributed by atoms with Crippen LogP contribution in [0.1, 0.15) is 16.8 Å². The first kappa shape index (κ1) is 11.5. The molecule has 0 atom stereocenters. The second kappa shape index (κ2) is 4.45. The van der Waals surface area contributed by atoms with Gasteiger partial charge in [0.1, 0.15) is 11.5 Å². The van der Waals surface area contributed by atoms with E-state index in [-0.39, 0.29) is 0 Å². The van der Waals surface area contributed by atoms with Crippen LogP contribution in [-0.4, -0.2) is 4.98 Å². The number of ether oxygens (including phenoxy) is 1. The Labute approximate surface area is 101 Å². The highest BCUT2D eigenvalue weighted by molar-refractivity contribution is 5.55. The fourth-order valence-corrected chi connectivity index (χ4v) is 1.67. The Hall–Kier alpha value is -2.03. The third-order valence-corrected chi connectivity index (χ3v) is 2.66. The molecule has 1 heterocycles. The first-order chi connectivity index (χ1) is 8.06. The van der Waals surface area contributed by atoms with E-state index < -0.39 is 0 Å². The number of nitrogens with zero attached hydrogens (tertiary/aromatic N) is 1. The molecule has 1 aromatic carbocycles. The van der Waals surface area contributed by atoms with Crippen molar-refractivity contribution in [3.8, 4) is 11.5 Å². The monoisotopic (exact) mass is 228 g/mol. The lowest BCUT2D eigenvalue weighted by Gasteiger charge is -2.11. The number of nitrogen functional groups attached to an aromatic ring is 1. The predicted molar refractivity (Wildman–Crippen MR) is 69.4 cm³/mol. The van der Waals surface area contributed by atoms with Gasteiger partial charge in [0.2, 0.25) is 0 Å². The van der Waals surface area contributed by atoms with Crippen LogP contribution in [0.5, 0.6) is 11.5 Å². The van der Waals surface area contributed by atoms with Gasteiger partial charge in [0, 0.05) is 29.7 Å². The lowest BCUT2D eigenvalue weighted by Crippen LogP contribution is -1.94. The molecule has 3 heteroatoms. The van der Waals surface area contributed by atoms with E-state index in [9.17, 15) is 0 Å². The molecule has 0 aliphatic rings. The second-order valence-electron chi connectivity index (χ2n) is 4.21. The van der Waals surface area contributed by atoms with Gasteiger partial charge in [-0.25, -0.2) is 0 Å². The Bertz CT molecular complexity index is 550. The van der Waals surface area contributed by atoms with Gasteiger partial charge in [0.05, 0.1) is 0 Å². The summed E-state index contributed by atoms with van der Waals surface area (Å²) in [4.78, 5) is 4.13. The van der Waals surface area contributed by atoms with Crippen LogP contribution >= 0.6 is 0 Å². The minimum absolute atomic E-state index is 0.747. The molecule has 0 amide bonds. The highest BCUT2D eigenvalue weighted by Gasteiger charge is 2.05. The first-order valence-corrected chi connectivity index (χ1v) is 5.53. The molecule has 0 radical (unpaired) electrons. The van der Waals surface area contributed by atoms with Crippen LogP contribution in [0.4, 0.5) is 5.69 Å². The average Bonchev–Trinajstić information content (AvgIpc) is 2.26. The highest BCUT2D eigenvalue weighted by Crippen LogP contribution is 2.28. The number of aromatic nitrogens is 1. The smallest absolute Gasteiger partial charge is 0.132 e. The van der Waals surface area contributed by atoms with E-state index in [1.165, 1.54) is 0 Å². The number of anilines is 1.